The highest BCUT2D eigenvalue weighted by Crippen LogP contribution is 2.63. The highest BCUT2D eigenvalue weighted by Gasteiger charge is 2.57. The van der Waals surface area contributed by atoms with E-state index in [4.69, 9.17) is 5.73 Å². The predicted molar refractivity (Wildman–Crippen MR) is 62.2 cm³/mol. The Morgan fingerprint density at radius 1 is 1.22 bits per heavy atom. The third-order valence-corrected chi connectivity index (χ3v) is 3.78. The summed E-state index contributed by atoms with van der Waals surface area (Å²) >= 11 is 0. The topological polar surface area (TPSA) is 35.2 Å². The lowest BCUT2D eigenvalue weighted by Crippen LogP contribution is -2.17. The van der Waals surface area contributed by atoms with Gasteiger partial charge in [-0.3, -0.25) is 0 Å². The molecule has 0 heterocycles. The van der Waals surface area contributed by atoms with Crippen molar-refractivity contribution >= 4 is 0 Å². The number of nitrogens with two attached hydrogens (primary N) is 1. The maximum atomic E-state index is 12.0. The molecular formula is C13H16F3NO. The van der Waals surface area contributed by atoms with Crippen molar-refractivity contribution in [3.8, 4) is 5.75 Å². The summed E-state index contributed by atoms with van der Waals surface area (Å²) < 4.78 is 39.9. The highest BCUT2D eigenvalue weighted by molar-refractivity contribution is 5.36. The van der Waals surface area contributed by atoms with Crippen LogP contribution in [-0.4, -0.2) is 12.9 Å². The minimum Gasteiger partial charge on any atom is -0.406 e. The van der Waals surface area contributed by atoms with E-state index in [2.05, 4.69) is 18.6 Å². The normalized spacial score (nSPS) is 25.9. The third-order valence-electron chi connectivity index (χ3n) is 3.78. The molecule has 1 saturated carbocycles. The molecule has 2 atom stereocenters. The lowest BCUT2D eigenvalue weighted by atomic mass is 10.0. The number of rotatable bonds is 3. The Kier molecular flexibility index (Phi) is 3.05. The molecule has 5 heteroatoms. The number of benzene rings is 1. The zero-order chi connectivity index (χ0) is 13.6. The van der Waals surface area contributed by atoms with Crippen LogP contribution < -0.4 is 10.5 Å². The van der Waals surface area contributed by atoms with Gasteiger partial charge in [0, 0.05) is 0 Å². The Morgan fingerprint density at radius 2 is 1.78 bits per heavy atom. The average molecular weight is 259 g/mol. The van der Waals surface area contributed by atoms with E-state index in [1.165, 1.54) is 12.1 Å². The second-order valence-corrected chi connectivity index (χ2v) is 5.26. The predicted octanol–water partition coefficient (Wildman–Crippen LogP) is 3.28. The molecule has 1 aromatic rings. The summed E-state index contributed by atoms with van der Waals surface area (Å²) in [5, 5.41) is 0. The lowest BCUT2D eigenvalue weighted by molar-refractivity contribution is -0.274. The molecular weight excluding hydrogens is 243 g/mol. The van der Waals surface area contributed by atoms with Gasteiger partial charge in [-0.05, 0) is 41.5 Å². The number of hydrogen-bond donors (Lipinski definition) is 1. The van der Waals surface area contributed by atoms with Gasteiger partial charge in [-0.2, -0.15) is 0 Å². The fourth-order valence-corrected chi connectivity index (χ4v) is 2.72. The molecule has 0 saturated heterocycles. The van der Waals surface area contributed by atoms with Crippen molar-refractivity contribution in [2.24, 2.45) is 17.1 Å². The zero-order valence-electron chi connectivity index (χ0n) is 10.3. The first-order valence-corrected chi connectivity index (χ1v) is 5.81. The Bertz CT molecular complexity index is 425. The van der Waals surface area contributed by atoms with Crippen molar-refractivity contribution in [3.05, 3.63) is 29.8 Å². The number of ether oxygens (including phenoxy) is 1. The van der Waals surface area contributed by atoms with E-state index < -0.39 is 6.36 Å². The molecule has 2 nitrogen and oxygen atoms in total. The van der Waals surface area contributed by atoms with Gasteiger partial charge in [-0.25, -0.2) is 0 Å². The molecule has 2 rings (SSSR count). The second kappa shape index (κ2) is 4.16. The van der Waals surface area contributed by atoms with Crippen LogP contribution in [0.3, 0.4) is 0 Å². The average Bonchev–Trinajstić information content (AvgIpc) is 2.79. The lowest BCUT2D eigenvalue weighted by Gasteiger charge is -2.09. The summed E-state index contributed by atoms with van der Waals surface area (Å²) in [4.78, 5) is 0. The summed E-state index contributed by atoms with van der Waals surface area (Å²) in [5.74, 6) is 0.531. The van der Waals surface area contributed by atoms with E-state index in [0.29, 0.717) is 18.4 Å². The first-order chi connectivity index (χ1) is 8.25. The third kappa shape index (κ3) is 2.46. The zero-order valence-corrected chi connectivity index (χ0v) is 10.3. The molecule has 2 N–H and O–H groups in total. The Balaban J connectivity index is 2.10. The van der Waals surface area contributed by atoms with Gasteiger partial charge in [0.15, 0.2) is 0 Å². The van der Waals surface area contributed by atoms with Gasteiger partial charge in [0.2, 0.25) is 0 Å². The van der Waals surface area contributed by atoms with E-state index in [1.54, 1.807) is 12.1 Å². The van der Waals surface area contributed by atoms with Gasteiger partial charge in [-0.15, -0.1) is 13.2 Å². The molecule has 100 valence electrons. The van der Waals surface area contributed by atoms with Gasteiger partial charge in [0.25, 0.3) is 0 Å². The van der Waals surface area contributed by atoms with E-state index in [9.17, 15) is 13.2 Å². The van der Waals surface area contributed by atoms with Crippen molar-refractivity contribution in [2.75, 3.05) is 6.54 Å². The fourth-order valence-electron chi connectivity index (χ4n) is 2.72. The molecule has 0 aliphatic heterocycles. The van der Waals surface area contributed by atoms with Gasteiger partial charge in [0.05, 0.1) is 0 Å². The van der Waals surface area contributed by atoms with Crippen LogP contribution in [0.4, 0.5) is 13.2 Å². The van der Waals surface area contributed by atoms with Crippen LogP contribution in [0.2, 0.25) is 0 Å². The molecule has 1 aliphatic carbocycles. The summed E-state index contributed by atoms with van der Waals surface area (Å²) in [6, 6.07) is 6.07. The number of alkyl halides is 3. The summed E-state index contributed by atoms with van der Waals surface area (Å²) in [6.45, 7) is 4.84. The first-order valence-electron chi connectivity index (χ1n) is 5.81. The van der Waals surface area contributed by atoms with Crippen LogP contribution in [0.25, 0.3) is 0 Å². The summed E-state index contributed by atoms with van der Waals surface area (Å²) in [6.07, 6.45) is -4.64. The SMILES string of the molecule is CC1(C)[C@H](CN)[C@H]1c1ccc(OC(F)(F)F)cc1. The van der Waals surface area contributed by atoms with Crippen molar-refractivity contribution in [1.82, 2.24) is 0 Å². The molecule has 1 fully saturated rings. The van der Waals surface area contributed by atoms with Crippen LogP contribution in [0.15, 0.2) is 24.3 Å². The van der Waals surface area contributed by atoms with Gasteiger partial charge < -0.3 is 10.5 Å². The van der Waals surface area contributed by atoms with Crippen LogP contribution in [0.5, 0.6) is 5.75 Å². The molecule has 0 aromatic heterocycles. The van der Waals surface area contributed by atoms with E-state index in [0.717, 1.165) is 5.56 Å². The Hall–Kier alpha value is -1.23. The molecule has 0 amide bonds. The maximum absolute atomic E-state index is 12.0. The maximum Gasteiger partial charge on any atom is 0.573 e. The molecule has 0 spiro atoms. The molecule has 0 bridgehead atoms. The number of hydrogen-bond acceptors (Lipinski definition) is 2. The minimum atomic E-state index is -4.64. The van der Waals surface area contributed by atoms with E-state index >= 15 is 0 Å². The van der Waals surface area contributed by atoms with Crippen LogP contribution in [0, 0.1) is 11.3 Å². The van der Waals surface area contributed by atoms with Gasteiger partial charge in [0.1, 0.15) is 5.75 Å². The fraction of sp³-hybridized carbons (Fsp3) is 0.538. The monoisotopic (exact) mass is 259 g/mol. The minimum absolute atomic E-state index is 0.126. The molecule has 1 aromatic carbocycles. The Morgan fingerprint density at radius 3 is 2.17 bits per heavy atom. The second-order valence-electron chi connectivity index (χ2n) is 5.26. The van der Waals surface area contributed by atoms with Gasteiger partial charge >= 0.3 is 6.36 Å². The molecule has 1 aliphatic rings. The van der Waals surface area contributed by atoms with Crippen LogP contribution in [0.1, 0.15) is 25.3 Å². The molecule has 18 heavy (non-hydrogen) atoms. The summed E-state index contributed by atoms with van der Waals surface area (Å²) in [7, 11) is 0. The molecule has 0 unspecified atom stereocenters. The largest absolute Gasteiger partial charge is 0.573 e. The highest BCUT2D eigenvalue weighted by atomic mass is 19.4. The van der Waals surface area contributed by atoms with Crippen molar-refractivity contribution in [1.29, 1.82) is 0 Å². The quantitative estimate of drug-likeness (QED) is 0.904. The summed E-state index contributed by atoms with van der Waals surface area (Å²) in [5.41, 5.74) is 6.82. The smallest absolute Gasteiger partial charge is 0.406 e. The first kappa shape index (κ1) is 13.2. The standard InChI is InChI=1S/C13H16F3NO/c1-12(2)10(7-17)11(12)8-3-5-9(6-4-8)18-13(14,15)16/h3-6,10-11H,7,17H2,1-2H3/t10-,11-/m1/s1. The Labute approximate surface area is 104 Å². The van der Waals surface area contributed by atoms with E-state index in [1.807, 2.05) is 0 Å². The van der Waals surface area contributed by atoms with Gasteiger partial charge in [-0.1, -0.05) is 26.0 Å². The van der Waals surface area contributed by atoms with Crippen LogP contribution >= 0.6 is 0 Å². The number of halogens is 3. The van der Waals surface area contributed by atoms with Crippen LogP contribution in [-0.2, 0) is 0 Å². The van der Waals surface area contributed by atoms with Crippen molar-refractivity contribution in [2.45, 2.75) is 26.1 Å². The molecule has 0 radical (unpaired) electrons. The van der Waals surface area contributed by atoms with Crippen molar-refractivity contribution in [3.63, 3.8) is 0 Å². The van der Waals surface area contributed by atoms with Crippen molar-refractivity contribution < 1.29 is 17.9 Å². The van der Waals surface area contributed by atoms with E-state index in [-0.39, 0.29) is 11.2 Å².